The number of carbonyl (C=O) groups is 2. The van der Waals surface area contributed by atoms with Crippen molar-refractivity contribution in [1.29, 1.82) is 0 Å². The lowest BCUT2D eigenvalue weighted by Gasteiger charge is -2.15. The fraction of sp³-hybridized carbons (Fsp3) is 0.286. The smallest absolute Gasteiger partial charge is 0.434 e. The van der Waals surface area contributed by atoms with Crippen LogP contribution in [0, 0.1) is 0 Å². The van der Waals surface area contributed by atoms with Crippen LogP contribution in [0.3, 0.4) is 0 Å². The number of pyridine rings is 2. The zero-order valence-corrected chi connectivity index (χ0v) is 19.2. The van der Waals surface area contributed by atoms with E-state index < -0.39 is 30.0 Å². The molecule has 10 nitrogen and oxygen atoms in total. The number of thiazole rings is 1. The summed E-state index contributed by atoms with van der Waals surface area (Å²) in [6.07, 6.45) is -3.27. The van der Waals surface area contributed by atoms with Crippen LogP contribution in [0.15, 0.2) is 29.9 Å². The Morgan fingerprint density at radius 2 is 1.91 bits per heavy atom. The van der Waals surface area contributed by atoms with Gasteiger partial charge in [0.2, 0.25) is 5.88 Å². The molecule has 0 fully saturated rings. The molecule has 3 aromatic heterocycles. The number of halogens is 3. The van der Waals surface area contributed by atoms with Gasteiger partial charge in [0.25, 0.3) is 0 Å². The number of amides is 2. The molecule has 186 valence electrons. The van der Waals surface area contributed by atoms with E-state index in [-0.39, 0.29) is 45.6 Å². The maximum atomic E-state index is 13.2. The summed E-state index contributed by atoms with van der Waals surface area (Å²) in [5, 5.41) is 24.7. The number of urea groups is 1. The number of alkyl halides is 3. The monoisotopic (exact) mass is 511 g/mol. The SMILES string of the molecule is CCNC(=O)Nc1cc(-c2nc(C(F)(F)F)cs2)c(-c2cc(C(=O)O)cnc2OC[C@@H](C)O)cn1. The van der Waals surface area contributed by atoms with Gasteiger partial charge in [-0.15, -0.1) is 11.3 Å². The summed E-state index contributed by atoms with van der Waals surface area (Å²) < 4.78 is 45.1. The van der Waals surface area contributed by atoms with Crippen molar-refractivity contribution >= 4 is 29.2 Å². The zero-order chi connectivity index (χ0) is 25.8. The van der Waals surface area contributed by atoms with Gasteiger partial charge in [-0.1, -0.05) is 0 Å². The molecule has 0 aliphatic heterocycles. The molecule has 3 heterocycles. The highest BCUT2D eigenvalue weighted by atomic mass is 32.1. The minimum absolute atomic E-state index is 0.0206. The number of aromatic nitrogens is 3. The summed E-state index contributed by atoms with van der Waals surface area (Å²) >= 11 is 0.706. The van der Waals surface area contributed by atoms with Crippen LogP contribution in [0.2, 0.25) is 0 Å². The Morgan fingerprint density at radius 3 is 2.51 bits per heavy atom. The third-order valence-electron chi connectivity index (χ3n) is 4.36. The fourth-order valence-electron chi connectivity index (χ4n) is 2.84. The molecule has 0 aliphatic carbocycles. The number of carboxylic acids is 1. The first-order valence-electron chi connectivity index (χ1n) is 10.1. The Hall–Kier alpha value is -3.78. The molecule has 2 amide bonds. The van der Waals surface area contributed by atoms with Gasteiger partial charge in [0.15, 0.2) is 5.69 Å². The molecule has 0 aromatic carbocycles. The first kappa shape index (κ1) is 25.8. The number of hydrogen-bond donors (Lipinski definition) is 4. The summed E-state index contributed by atoms with van der Waals surface area (Å²) in [4.78, 5) is 35.3. The van der Waals surface area contributed by atoms with Gasteiger partial charge in [-0.2, -0.15) is 13.2 Å². The van der Waals surface area contributed by atoms with Crippen LogP contribution in [-0.2, 0) is 6.18 Å². The van der Waals surface area contributed by atoms with Gasteiger partial charge in [-0.05, 0) is 26.0 Å². The molecular formula is C21H20F3N5O5S. The lowest BCUT2D eigenvalue weighted by molar-refractivity contribution is -0.140. The highest BCUT2D eigenvalue weighted by Crippen LogP contribution is 2.40. The summed E-state index contributed by atoms with van der Waals surface area (Å²) in [5.74, 6) is -1.35. The van der Waals surface area contributed by atoms with Crippen molar-refractivity contribution in [2.24, 2.45) is 0 Å². The van der Waals surface area contributed by atoms with E-state index >= 15 is 0 Å². The first-order valence-corrected chi connectivity index (χ1v) is 11.0. The van der Waals surface area contributed by atoms with E-state index in [1.54, 1.807) is 6.92 Å². The van der Waals surface area contributed by atoms with Gasteiger partial charge in [0.05, 0.1) is 11.7 Å². The minimum Gasteiger partial charge on any atom is -0.478 e. The molecule has 0 saturated carbocycles. The van der Waals surface area contributed by atoms with Crippen molar-refractivity contribution in [2.45, 2.75) is 26.1 Å². The number of aliphatic hydroxyl groups excluding tert-OH is 1. The molecule has 0 bridgehead atoms. The average Bonchev–Trinajstić information content (AvgIpc) is 3.28. The van der Waals surface area contributed by atoms with E-state index in [4.69, 9.17) is 4.74 Å². The molecule has 4 N–H and O–H groups in total. The molecule has 0 radical (unpaired) electrons. The lowest BCUT2D eigenvalue weighted by Crippen LogP contribution is -2.28. The molecule has 0 spiro atoms. The lowest BCUT2D eigenvalue weighted by atomic mass is 10.0. The second-order valence-corrected chi connectivity index (χ2v) is 8.04. The number of ether oxygens (including phenoxy) is 1. The second-order valence-electron chi connectivity index (χ2n) is 7.18. The molecule has 0 saturated heterocycles. The predicted octanol–water partition coefficient (Wildman–Crippen LogP) is 3.89. The van der Waals surface area contributed by atoms with E-state index in [9.17, 15) is 33.0 Å². The Bertz CT molecular complexity index is 1230. The number of nitrogens with one attached hydrogen (secondary N) is 2. The standard InChI is InChI=1S/C21H20F3N5O5S/c1-3-25-20(33)29-16-5-13(18-28-15(9-35-18)21(22,23)24)14(7-26-16)12-4-11(19(31)32)6-27-17(12)34-8-10(2)30/h4-7,9-10,30H,3,8H2,1-2H3,(H,31,32)(H2,25,26,29,33)/t10-/m1/s1. The van der Waals surface area contributed by atoms with E-state index in [1.807, 2.05) is 0 Å². The highest BCUT2D eigenvalue weighted by Gasteiger charge is 2.34. The molecule has 0 aliphatic rings. The Labute approximate surface area is 200 Å². The Balaban J connectivity index is 2.20. The number of anilines is 1. The Morgan fingerprint density at radius 1 is 1.17 bits per heavy atom. The van der Waals surface area contributed by atoms with Gasteiger partial charge in [0, 0.05) is 41.0 Å². The number of nitrogens with zero attached hydrogens (tertiary/aromatic N) is 3. The number of carbonyl (C=O) groups excluding carboxylic acids is 1. The minimum atomic E-state index is -4.68. The summed E-state index contributed by atoms with van der Waals surface area (Å²) in [6.45, 7) is 3.32. The van der Waals surface area contributed by atoms with Crippen LogP contribution < -0.4 is 15.4 Å². The maximum Gasteiger partial charge on any atom is 0.434 e. The normalized spacial score (nSPS) is 12.2. The quantitative estimate of drug-likeness (QED) is 0.356. The summed E-state index contributed by atoms with van der Waals surface area (Å²) in [5.41, 5.74) is -0.943. The van der Waals surface area contributed by atoms with Crippen LogP contribution in [0.25, 0.3) is 21.7 Å². The summed E-state index contributed by atoms with van der Waals surface area (Å²) in [6, 6.07) is 1.96. The molecule has 1 atom stereocenters. The van der Waals surface area contributed by atoms with E-state index in [2.05, 4.69) is 25.6 Å². The van der Waals surface area contributed by atoms with Gasteiger partial charge < -0.3 is 20.3 Å². The molecular weight excluding hydrogens is 491 g/mol. The second kappa shape index (κ2) is 10.7. The van der Waals surface area contributed by atoms with Crippen molar-refractivity contribution < 1.29 is 37.7 Å². The van der Waals surface area contributed by atoms with Crippen LogP contribution in [0.5, 0.6) is 5.88 Å². The van der Waals surface area contributed by atoms with Crippen molar-refractivity contribution in [3.63, 3.8) is 0 Å². The Kier molecular flexibility index (Phi) is 7.86. The maximum absolute atomic E-state index is 13.2. The number of carboxylic acid groups (broad SMARTS) is 1. The topological polar surface area (TPSA) is 147 Å². The van der Waals surface area contributed by atoms with Gasteiger partial charge in [-0.25, -0.2) is 24.5 Å². The first-order chi connectivity index (χ1) is 16.5. The largest absolute Gasteiger partial charge is 0.478 e. The number of rotatable bonds is 8. The molecule has 14 heteroatoms. The van der Waals surface area contributed by atoms with Gasteiger partial charge >= 0.3 is 18.2 Å². The molecule has 3 aromatic rings. The zero-order valence-electron chi connectivity index (χ0n) is 18.4. The number of aliphatic hydroxyl groups is 1. The van der Waals surface area contributed by atoms with Crippen LogP contribution in [0.1, 0.15) is 29.9 Å². The van der Waals surface area contributed by atoms with Crippen molar-refractivity contribution in [3.8, 4) is 27.6 Å². The van der Waals surface area contributed by atoms with Crippen LogP contribution in [-0.4, -0.2) is 56.4 Å². The van der Waals surface area contributed by atoms with Gasteiger partial charge in [0.1, 0.15) is 17.4 Å². The van der Waals surface area contributed by atoms with Crippen molar-refractivity contribution in [3.05, 3.63) is 41.2 Å². The molecule has 0 unspecified atom stereocenters. The highest BCUT2D eigenvalue weighted by molar-refractivity contribution is 7.13. The third-order valence-corrected chi connectivity index (χ3v) is 5.23. The van der Waals surface area contributed by atoms with Crippen molar-refractivity contribution in [1.82, 2.24) is 20.3 Å². The van der Waals surface area contributed by atoms with Crippen LogP contribution >= 0.6 is 11.3 Å². The van der Waals surface area contributed by atoms with Crippen LogP contribution in [0.4, 0.5) is 23.8 Å². The molecule has 35 heavy (non-hydrogen) atoms. The van der Waals surface area contributed by atoms with Gasteiger partial charge in [-0.3, -0.25) is 5.32 Å². The fourth-order valence-corrected chi connectivity index (χ4v) is 3.70. The van der Waals surface area contributed by atoms with E-state index in [1.165, 1.54) is 25.3 Å². The van der Waals surface area contributed by atoms with Crippen molar-refractivity contribution in [2.75, 3.05) is 18.5 Å². The third kappa shape index (κ3) is 6.42. The number of aromatic carboxylic acids is 1. The molecule has 3 rings (SSSR count). The predicted molar refractivity (Wildman–Crippen MR) is 120 cm³/mol. The number of hydrogen-bond acceptors (Lipinski definition) is 8. The van der Waals surface area contributed by atoms with E-state index in [0.717, 1.165) is 11.6 Å². The van der Waals surface area contributed by atoms with E-state index in [0.29, 0.717) is 17.9 Å². The average molecular weight is 511 g/mol. The summed E-state index contributed by atoms with van der Waals surface area (Å²) in [7, 11) is 0.